The molecule has 0 saturated heterocycles. The molecular weight excluding hydrogens is 232 g/mol. The zero-order chi connectivity index (χ0) is 11.5. The second-order valence-corrected chi connectivity index (χ2v) is 6.57. The van der Waals surface area contributed by atoms with E-state index in [0.717, 1.165) is 5.75 Å². The predicted molar refractivity (Wildman–Crippen MR) is 79.0 cm³/mol. The number of rotatable bonds is 9. The van der Waals surface area contributed by atoms with Crippen LogP contribution < -0.4 is 0 Å². The Morgan fingerprint density at radius 2 is 1.62 bits per heavy atom. The fourth-order valence-corrected chi connectivity index (χ4v) is 3.72. The third-order valence-corrected chi connectivity index (χ3v) is 4.91. The first-order valence-corrected chi connectivity index (χ1v) is 8.70. The van der Waals surface area contributed by atoms with E-state index in [1.165, 1.54) is 43.4 Å². The van der Waals surface area contributed by atoms with Gasteiger partial charge in [-0.2, -0.15) is 0 Å². The maximum absolute atomic E-state index is 2.27. The summed E-state index contributed by atoms with van der Waals surface area (Å²) in [5.41, 5.74) is 1.44. The highest BCUT2D eigenvalue weighted by molar-refractivity contribution is 8.76. The van der Waals surface area contributed by atoms with Gasteiger partial charge in [0.05, 0.1) is 0 Å². The quantitative estimate of drug-likeness (QED) is 0.419. The smallest absolute Gasteiger partial charge is 0.0288 e. The predicted octanol–water partition coefficient (Wildman–Crippen LogP) is 5.54. The summed E-state index contributed by atoms with van der Waals surface area (Å²) >= 11 is 0. The molecule has 0 atom stereocenters. The third kappa shape index (κ3) is 7.24. The first kappa shape index (κ1) is 14.0. The summed E-state index contributed by atoms with van der Waals surface area (Å²) in [6, 6.07) is 10.7. The molecule has 0 N–H and O–H groups in total. The molecule has 0 aliphatic rings. The minimum Gasteiger partial charge on any atom is -0.0938 e. The van der Waals surface area contributed by atoms with Crippen LogP contribution in [0.1, 0.15) is 44.6 Å². The van der Waals surface area contributed by atoms with E-state index >= 15 is 0 Å². The van der Waals surface area contributed by atoms with Crippen molar-refractivity contribution in [3.05, 3.63) is 35.9 Å². The van der Waals surface area contributed by atoms with Gasteiger partial charge >= 0.3 is 0 Å². The first-order valence-electron chi connectivity index (χ1n) is 6.22. The molecule has 1 aromatic rings. The van der Waals surface area contributed by atoms with Crippen molar-refractivity contribution in [2.24, 2.45) is 0 Å². The van der Waals surface area contributed by atoms with Crippen molar-refractivity contribution in [1.29, 1.82) is 0 Å². The number of hydrogen-bond donors (Lipinski definition) is 0. The van der Waals surface area contributed by atoms with Crippen LogP contribution in [0.4, 0.5) is 0 Å². The van der Waals surface area contributed by atoms with Crippen LogP contribution in [0, 0.1) is 0 Å². The lowest BCUT2D eigenvalue weighted by molar-refractivity contribution is 0.660. The highest BCUT2D eigenvalue weighted by Crippen LogP contribution is 2.26. The molecular formula is C14H22S2. The second-order valence-electron chi connectivity index (χ2n) is 3.98. The van der Waals surface area contributed by atoms with Gasteiger partial charge in [-0.15, -0.1) is 0 Å². The van der Waals surface area contributed by atoms with Crippen molar-refractivity contribution in [2.45, 2.75) is 44.8 Å². The summed E-state index contributed by atoms with van der Waals surface area (Å²) in [6.07, 6.45) is 6.96. The maximum Gasteiger partial charge on any atom is 0.0288 e. The Balaban J connectivity index is 1.89. The second kappa shape index (κ2) is 10.1. The van der Waals surface area contributed by atoms with E-state index in [-0.39, 0.29) is 0 Å². The van der Waals surface area contributed by atoms with Gasteiger partial charge in [-0.05, 0) is 12.0 Å². The average Bonchev–Trinajstić information content (AvgIpc) is 2.34. The Morgan fingerprint density at radius 3 is 2.38 bits per heavy atom. The van der Waals surface area contributed by atoms with Crippen LogP contribution in [0.25, 0.3) is 0 Å². The number of hydrogen-bond acceptors (Lipinski definition) is 2. The van der Waals surface area contributed by atoms with Gasteiger partial charge in [0, 0.05) is 11.5 Å². The summed E-state index contributed by atoms with van der Waals surface area (Å²) in [5, 5.41) is 0. The van der Waals surface area contributed by atoms with Crippen molar-refractivity contribution in [1.82, 2.24) is 0 Å². The topological polar surface area (TPSA) is 0 Å². The number of unbranched alkanes of at least 4 members (excludes halogenated alkanes) is 4. The van der Waals surface area contributed by atoms with E-state index < -0.39 is 0 Å². The Kier molecular flexibility index (Phi) is 8.83. The third-order valence-electron chi connectivity index (χ3n) is 2.48. The Hall–Kier alpha value is -0.0800. The monoisotopic (exact) mass is 254 g/mol. The van der Waals surface area contributed by atoms with Gasteiger partial charge in [0.2, 0.25) is 0 Å². The maximum atomic E-state index is 2.27. The molecule has 0 spiro atoms. The standard InChI is InChI=1S/C14H22S2/c1-2-3-4-5-9-12-15-16-13-14-10-7-6-8-11-14/h6-8,10-11H,2-5,9,12-13H2,1H3. The molecule has 0 aliphatic carbocycles. The normalized spacial score (nSPS) is 10.6. The molecule has 0 bridgehead atoms. The van der Waals surface area contributed by atoms with Crippen LogP contribution in [-0.4, -0.2) is 5.75 Å². The summed E-state index contributed by atoms with van der Waals surface area (Å²) in [5.74, 6) is 2.45. The van der Waals surface area contributed by atoms with Gasteiger partial charge in [-0.3, -0.25) is 0 Å². The van der Waals surface area contributed by atoms with Crippen LogP contribution >= 0.6 is 21.6 Å². The minimum atomic E-state index is 1.14. The lowest BCUT2D eigenvalue weighted by atomic mass is 10.2. The van der Waals surface area contributed by atoms with Crippen LogP contribution in [-0.2, 0) is 5.75 Å². The Morgan fingerprint density at radius 1 is 0.875 bits per heavy atom. The van der Waals surface area contributed by atoms with Gasteiger partial charge in [-0.1, -0.05) is 84.5 Å². The van der Waals surface area contributed by atoms with Crippen molar-refractivity contribution in [2.75, 3.05) is 5.75 Å². The lowest BCUT2D eigenvalue weighted by Crippen LogP contribution is -1.80. The van der Waals surface area contributed by atoms with E-state index in [9.17, 15) is 0 Å². The highest BCUT2D eigenvalue weighted by Gasteiger charge is 1.94. The zero-order valence-electron chi connectivity index (χ0n) is 10.2. The van der Waals surface area contributed by atoms with Gasteiger partial charge in [0.1, 0.15) is 0 Å². The van der Waals surface area contributed by atoms with Crippen molar-refractivity contribution in [3.8, 4) is 0 Å². The molecule has 16 heavy (non-hydrogen) atoms. The van der Waals surface area contributed by atoms with Crippen LogP contribution in [0.2, 0.25) is 0 Å². The summed E-state index contributed by atoms with van der Waals surface area (Å²) in [6.45, 7) is 2.27. The molecule has 90 valence electrons. The van der Waals surface area contributed by atoms with Gasteiger partial charge in [-0.25, -0.2) is 0 Å². The van der Waals surface area contributed by atoms with Gasteiger partial charge in [0.25, 0.3) is 0 Å². The molecule has 1 rings (SSSR count). The molecule has 0 amide bonds. The molecule has 0 saturated carbocycles. The lowest BCUT2D eigenvalue weighted by Gasteiger charge is -2.01. The molecule has 0 radical (unpaired) electrons. The molecule has 1 aromatic carbocycles. The minimum absolute atomic E-state index is 1.14. The van der Waals surface area contributed by atoms with Crippen LogP contribution in [0.5, 0.6) is 0 Å². The van der Waals surface area contributed by atoms with Crippen molar-refractivity contribution >= 4 is 21.6 Å². The molecule has 0 aliphatic heterocycles. The molecule has 0 unspecified atom stereocenters. The SMILES string of the molecule is CCCCCCCSSCc1ccccc1. The molecule has 0 fully saturated rings. The Labute approximate surface area is 108 Å². The summed E-state index contributed by atoms with van der Waals surface area (Å²) in [7, 11) is 4.01. The van der Waals surface area contributed by atoms with Crippen LogP contribution in [0.15, 0.2) is 30.3 Å². The highest BCUT2D eigenvalue weighted by atomic mass is 33.1. The molecule has 0 nitrogen and oxygen atoms in total. The largest absolute Gasteiger partial charge is 0.0938 e. The van der Waals surface area contributed by atoms with Crippen molar-refractivity contribution in [3.63, 3.8) is 0 Å². The molecule has 2 heteroatoms. The number of benzene rings is 1. The van der Waals surface area contributed by atoms with E-state index in [1.54, 1.807) is 0 Å². The average molecular weight is 254 g/mol. The zero-order valence-corrected chi connectivity index (χ0v) is 11.8. The molecule has 0 aromatic heterocycles. The van der Waals surface area contributed by atoms with Gasteiger partial charge < -0.3 is 0 Å². The Bertz CT molecular complexity index is 246. The summed E-state index contributed by atoms with van der Waals surface area (Å²) < 4.78 is 0. The van der Waals surface area contributed by atoms with E-state index in [2.05, 4.69) is 37.3 Å². The first-order chi connectivity index (χ1) is 7.93. The van der Waals surface area contributed by atoms with Gasteiger partial charge in [0.15, 0.2) is 0 Å². The molecule has 0 heterocycles. The fraction of sp³-hybridized carbons (Fsp3) is 0.571. The van der Waals surface area contributed by atoms with E-state index in [4.69, 9.17) is 0 Å². The summed E-state index contributed by atoms with van der Waals surface area (Å²) in [4.78, 5) is 0. The van der Waals surface area contributed by atoms with E-state index in [1.807, 2.05) is 21.6 Å². The van der Waals surface area contributed by atoms with Crippen molar-refractivity contribution < 1.29 is 0 Å². The van der Waals surface area contributed by atoms with Crippen LogP contribution in [0.3, 0.4) is 0 Å². The fourth-order valence-electron chi connectivity index (χ4n) is 1.51. The van der Waals surface area contributed by atoms with E-state index in [0.29, 0.717) is 0 Å².